The lowest BCUT2D eigenvalue weighted by molar-refractivity contribution is -0.145. The first-order valence-corrected chi connectivity index (χ1v) is 7.02. The molecule has 0 aliphatic rings. The molecule has 110 valence electrons. The van der Waals surface area contributed by atoms with Crippen LogP contribution in [-0.2, 0) is 22.7 Å². The first-order valence-electron chi connectivity index (χ1n) is 7.02. The molecule has 0 saturated heterocycles. The molecule has 0 bridgehead atoms. The van der Waals surface area contributed by atoms with Crippen molar-refractivity contribution in [3.05, 3.63) is 82.8 Å². The van der Waals surface area contributed by atoms with Gasteiger partial charge in [0, 0.05) is 12.3 Å². The van der Waals surface area contributed by atoms with Crippen LogP contribution in [0.4, 0.5) is 0 Å². The molecular formula is C18H15NO3. The minimum atomic E-state index is -0.429. The maximum absolute atomic E-state index is 11.9. The Balaban J connectivity index is 1.70. The molecule has 1 aromatic heterocycles. The van der Waals surface area contributed by atoms with Gasteiger partial charge in [-0.05, 0) is 22.4 Å². The number of benzene rings is 2. The predicted octanol–water partition coefficient (Wildman–Crippen LogP) is 2.74. The molecule has 0 aliphatic heterocycles. The number of fused-ring (bicyclic) bond motifs is 1. The van der Waals surface area contributed by atoms with Crippen molar-refractivity contribution in [1.29, 1.82) is 0 Å². The third-order valence-electron chi connectivity index (χ3n) is 3.47. The summed E-state index contributed by atoms with van der Waals surface area (Å²) in [6, 6.07) is 18.6. The van der Waals surface area contributed by atoms with Gasteiger partial charge in [-0.3, -0.25) is 9.59 Å². The van der Waals surface area contributed by atoms with Crippen LogP contribution in [0.5, 0.6) is 0 Å². The molecule has 0 spiro atoms. The van der Waals surface area contributed by atoms with E-state index >= 15 is 0 Å². The van der Waals surface area contributed by atoms with Gasteiger partial charge in [0.05, 0.1) is 0 Å². The van der Waals surface area contributed by atoms with E-state index in [1.54, 1.807) is 18.3 Å². The minimum Gasteiger partial charge on any atom is -0.459 e. The fourth-order valence-corrected chi connectivity index (χ4v) is 2.35. The SMILES string of the molecule is O=C(Cn1ccccc1=O)OCc1cccc2ccccc12. The van der Waals surface area contributed by atoms with E-state index in [0.29, 0.717) is 0 Å². The van der Waals surface area contributed by atoms with Crippen molar-refractivity contribution >= 4 is 16.7 Å². The van der Waals surface area contributed by atoms with E-state index in [0.717, 1.165) is 16.3 Å². The standard InChI is InChI=1S/C18H15NO3/c20-17-10-3-4-11-19(17)12-18(21)22-13-15-8-5-7-14-6-1-2-9-16(14)15/h1-11H,12-13H2. The van der Waals surface area contributed by atoms with Crippen LogP contribution < -0.4 is 5.56 Å². The molecular weight excluding hydrogens is 278 g/mol. The van der Waals surface area contributed by atoms with Crippen LogP contribution in [0.3, 0.4) is 0 Å². The van der Waals surface area contributed by atoms with Crippen molar-refractivity contribution in [2.45, 2.75) is 13.2 Å². The van der Waals surface area contributed by atoms with Gasteiger partial charge in [0.15, 0.2) is 0 Å². The summed E-state index contributed by atoms with van der Waals surface area (Å²) in [4.78, 5) is 23.5. The quantitative estimate of drug-likeness (QED) is 0.695. The van der Waals surface area contributed by atoms with Gasteiger partial charge in [0.2, 0.25) is 0 Å². The van der Waals surface area contributed by atoms with Gasteiger partial charge >= 0.3 is 5.97 Å². The molecule has 1 heterocycles. The highest BCUT2D eigenvalue weighted by molar-refractivity contribution is 5.85. The Labute approximate surface area is 127 Å². The van der Waals surface area contributed by atoms with E-state index in [1.165, 1.54) is 10.6 Å². The molecule has 0 unspecified atom stereocenters. The van der Waals surface area contributed by atoms with E-state index in [-0.39, 0.29) is 18.7 Å². The minimum absolute atomic E-state index is 0.0789. The normalized spacial score (nSPS) is 10.5. The smallest absolute Gasteiger partial charge is 0.326 e. The molecule has 3 rings (SSSR count). The van der Waals surface area contributed by atoms with Crippen molar-refractivity contribution in [3.63, 3.8) is 0 Å². The van der Waals surface area contributed by atoms with Crippen LogP contribution in [0.25, 0.3) is 10.8 Å². The number of esters is 1. The highest BCUT2D eigenvalue weighted by atomic mass is 16.5. The van der Waals surface area contributed by atoms with Crippen molar-refractivity contribution in [2.75, 3.05) is 0 Å². The summed E-state index contributed by atoms with van der Waals surface area (Å²) in [7, 11) is 0. The highest BCUT2D eigenvalue weighted by Gasteiger charge is 2.07. The number of pyridine rings is 1. The van der Waals surface area contributed by atoms with E-state index in [4.69, 9.17) is 4.74 Å². The zero-order chi connectivity index (χ0) is 15.4. The molecule has 0 fully saturated rings. The Hall–Kier alpha value is -2.88. The molecule has 0 aliphatic carbocycles. The number of ether oxygens (including phenoxy) is 1. The van der Waals surface area contributed by atoms with Crippen LogP contribution in [-0.4, -0.2) is 10.5 Å². The monoisotopic (exact) mass is 293 g/mol. The van der Waals surface area contributed by atoms with Gasteiger partial charge in [-0.25, -0.2) is 0 Å². The summed E-state index contributed by atoms with van der Waals surface area (Å²) in [6.45, 7) is 0.117. The lowest BCUT2D eigenvalue weighted by atomic mass is 10.1. The van der Waals surface area contributed by atoms with E-state index in [2.05, 4.69) is 0 Å². The molecule has 4 nitrogen and oxygen atoms in total. The predicted molar refractivity (Wildman–Crippen MR) is 84.4 cm³/mol. The number of carbonyl (C=O) groups excluding carboxylic acids is 1. The molecule has 22 heavy (non-hydrogen) atoms. The van der Waals surface area contributed by atoms with Gasteiger partial charge in [-0.1, -0.05) is 48.5 Å². The summed E-state index contributed by atoms with van der Waals surface area (Å²) in [5.74, 6) is -0.429. The third kappa shape index (κ3) is 3.06. The molecule has 0 amide bonds. The van der Waals surface area contributed by atoms with Crippen molar-refractivity contribution < 1.29 is 9.53 Å². The Bertz CT molecular complexity index is 862. The van der Waals surface area contributed by atoms with Gasteiger partial charge in [0.1, 0.15) is 13.2 Å². The molecule has 0 radical (unpaired) electrons. The van der Waals surface area contributed by atoms with Crippen molar-refractivity contribution in [2.24, 2.45) is 0 Å². The van der Waals surface area contributed by atoms with Crippen LogP contribution >= 0.6 is 0 Å². The Morgan fingerprint density at radius 2 is 1.73 bits per heavy atom. The largest absolute Gasteiger partial charge is 0.459 e. The number of hydrogen-bond donors (Lipinski definition) is 0. The van der Waals surface area contributed by atoms with Gasteiger partial charge in [-0.15, -0.1) is 0 Å². The second kappa shape index (κ2) is 6.26. The van der Waals surface area contributed by atoms with Crippen LogP contribution in [0.1, 0.15) is 5.56 Å². The van der Waals surface area contributed by atoms with E-state index < -0.39 is 5.97 Å². The number of nitrogens with zero attached hydrogens (tertiary/aromatic N) is 1. The number of aromatic nitrogens is 1. The van der Waals surface area contributed by atoms with E-state index in [1.807, 2.05) is 42.5 Å². The second-order valence-electron chi connectivity index (χ2n) is 4.97. The molecule has 0 N–H and O–H groups in total. The topological polar surface area (TPSA) is 48.3 Å². The number of hydrogen-bond acceptors (Lipinski definition) is 3. The maximum atomic E-state index is 11.9. The van der Waals surface area contributed by atoms with E-state index in [9.17, 15) is 9.59 Å². The van der Waals surface area contributed by atoms with Gasteiger partial charge < -0.3 is 9.30 Å². The Morgan fingerprint density at radius 1 is 0.955 bits per heavy atom. The molecule has 0 saturated carbocycles. The average molecular weight is 293 g/mol. The zero-order valence-corrected chi connectivity index (χ0v) is 11.9. The summed E-state index contributed by atoms with van der Waals surface area (Å²) >= 11 is 0. The van der Waals surface area contributed by atoms with Crippen LogP contribution in [0.2, 0.25) is 0 Å². The van der Waals surface area contributed by atoms with Gasteiger partial charge in [-0.2, -0.15) is 0 Å². The van der Waals surface area contributed by atoms with Crippen molar-refractivity contribution in [3.8, 4) is 0 Å². The van der Waals surface area contributed by atoms with Crippen LogP contribution in [0, 0.1) is 0 Å². The summed E-state index contributed by atoms with van der Waals surface area (Å²) in [5.41, 5.74) is 0.733. The maximum Gasteiger partial charge on any atom is 0.326 e. The fourth-order valence-electron chi connectivity index (χ4n) is 2.35. The van der Waals surface area contributed by atoms with Crippen molar-refractivity contribution in [1.82, 2.24) is 4.57 Å². The zero-order valence-electron chi connectivity index (χ0n) is 11.9. The number of carbonyl (C=O) groups is 1. The van der Waals surface area contributed by atoms with Gasteiger partial charge in [0.25, 0.3) is 5.56 Å². The summed E-state index contributed by atoms with van der Waals surface area (Å²) in [5, 5.41) is 2.17. The number of rotatable bonds is 4. The Morgan fingerprint density at radius 3 is 2.59 bits per heavy atom. The fraction of sp³-hybridized carbons (Fsp3) is 0.111. The lowest BCUT2D eigenvalue weighted by Crippen LogP contribution is -2.23. The average Bonchev–Trinajstić information content (AvgIpc) is 2.55. The lowest BCUT2D eigenvalue weighted by Gasteiger charge is -2.09. The summed E-state index contributed by atoms with van der Waals surface area (Å²) in [6.07, 6.45) is 1.57. The molecule has 2 aromatic carbocycles. The molecule has 0 atom stereocenters. The van der Waals surface area contributed by atoms with Crippen LogP contribution in [0.15, 0.2) is 71.7 Å². The third-order valence-corrected chi connectivity index (χ3v) is 3.47. The molecule has 4 heteroatoms. The molecule has 3 aromatic rings. The first kappa shape index (κ1) is 14.1. The Kier molecular flexibility index (Phi) is 4.01. The first-order chi connectivity index (χ1) is 10.7. The summed E-state index contributed by atoms with van der Waals surface area (Å²) < 4.78 is 6.62. The highest BCUT2D eigenvalue weighted by Crippen LogP contribution is 2.19. The second-order valence-corrected chi connectivity index (χ2v) is 4.97.